The molecule has 2 aliphatic heterocycles. The van der Waals surface area contributed by atoms with Gasteiger partial charge in [0.2, 0.25) is 0 Å². The molecule has 2 atom stereocenters. The molecule has 0 radical (unpaired) electrons. The van der Waals surface area contributed by atoms with Gasteiger partial charge in [0.25, 0.3) is 0 Å². The zero-order chi connectivity index (χ0) is 16.7. The van der Waals surface area contributed by atoms with Crippen molar-refractivity contribution in [3.8, 4) is 11.5 Å². The zero-order valence-electron chi connectivity index (χ0n) is 13.8. The minimum atomic E-state index is -0.547. The highest BCUT2D eigenvalue weighted by atomic mass is 32.1. The van der Waals surface area contributed by atoms with Crippen molar-refractivity contribution in [3.63, 3.8) is 0 Å². The molecular weight excluding hydrogens is 320 g/mol. The topological polar surface area (TPSA) is 33.7 Å². The van der Waals surface area contributed by atoms with E-state index in [2.05, 4.69) is 23.2 Å². The summed E-state index contributed by atoms with van der Waals surface area (Å²) in [7, 11) is 0. The van der Waals surface area contributed by atoms with Crippen LogP contribution in [-0.4, -0.2) is 17.4 Å². The van der Waals surface area contributed by atoms with Gasteiger partial charge >= 0.3 is 0 Å². The van der Waals surface area contributed by atoms with Crippen LogP contribution in [0.2, 0.25) is 0 Å². The van der Waals surface area contributed by atoms with Gasteiger partial charge in [-0.15, -0.1) is 0 Å². The number of hydrogen-bond acceptors (Lipinski definition) is 3. The van der Waals surface area contributed by atoms with Gasteiger partial charge < -0.3 is 14.8 Å². The molecule has 124 valence electrons. The molecule has 0 aromatic heterocycles. The summed E-state index contributed by atoms with van der Waals surface area (Å²) in [5, 5.41) is 4.16. The maximum absolute atomic E-state index is 6.48. The summed E-state index contributed by atoms with van der Waals surface area (Å²) in [6.45, 7) is 4.68. The summed E-state index contributed by atoms with van der Waals surface area (Å²) in [6.07, 6.45) is 0.810. The van der Waals surface area contributed by atoms with E-state index in [4.69, 9.17) is 21.7 Å². The van der Waals surface area contributed by atoms with Gasteiger partial charge in [0.1, 0.15) is 0 Å². The second kappa shape index (κ2) is 5.67. The lowest BCUT2D eigenvalue weighted by Crippen LogP contribution is -2.65. The van der Waals surface area contributed by atoms with E-state index in [9.17, 15) is 0 Å². The fourth-order valence-electron chi connectivity index (χ4n) is 3.60. The van der Waals surface area contributed by atoms with E-state index < -0.39 is 5.72 Å². The molecule has 5 heteroatoms. The average Bonchev–Trinajstić information content (AvgIpc) is 2.56. The third-order valence-electron chi connectivity index (χ3n) is 4.58. The van der Waals surface area contributed by atoms with Crippen molar-refractivity contribution in [3.05, 3.63) is 54.1 Å². The van der Waals surface area contributed by atoms with Crippen LogP contribution in [0, 0.1) is 0 Å². The first-order chi connectivity index (χ1) is 11.6. The molecule has 4 nitrogen and oxygen atoms in total. The van der Waals surface area contributed by atoms with Crippen molar-refractivity contribution >= 4 is 23.0 Å². The van der Waals surface area contributed by atoms with Gasteiger partial charge in [-0.2, -0.15) is 0 Å². The fraction of sp³-hybridized carbons (Fsp3) is 0.316. The Hall–Kier alpha value is -2.27. The van der Waals surface area contributed by atoms with Crippen LogP contribution in [0.25, 0.3) is 0 Å². The second-order valence-corrected chi connectivity index (χ2v) is 6.65. The Balaban J connectivity index is 1.81. The van der Waals surface area contributed by atoms with E-state index in [0.29, 0.717) is 11.7 Å². The van der Waals surface area contributed by atoms with Crippen LogP contribution < -0.4 is 19.7 Å². The van der Waals surface area contributed by atoms with E-state index in [1.54, 1.807) is 0 Å². The number of nitrogens with one attached hydrogen (secondary N) is 1. The summed E-state index contributed by atoms with van der Waals surface area (Å²) >= 11 is 5.65. The summed E-state index contributed by atoms with van der Waals surface area (Å²) in [5.74, 6) is 1.60. The fourth-order valence-corrected chi connectivity index (χ4v) is 4.04. The molecule has 0 unspecified atom stereocenters. The quantitative estimate of drug-likeness (QED) is 0.854. The smallest absolute Gasteiger partial charge is 0.188 e. The van der Waals surface area contributed by atoms with Crippen LogP contribution in [0.15, 0.2) is 48.5 Å². The molecule has 2 aromatic rings. The van der Waals surface area contributed by atoms with Crippen molar-refractivity contribution in [1.29, 1.82) is 0 Å². The molecule has 1 fully saturated rings. The van der Waals surface area contributed by atoms with Crippen molar-refractivity contribution in [2.24, 2.45) is 0 Å². The first-order valence-corrected chi connectivity index (χ1v) is 8.64. The highest BCUT2D eigenvalue weighted by Gasteiger charge is 2.49. The van der Waals surface area contributed by atoms with Crippen LogP contribution in [0.1, 0.15) is 31.9 Å². The maximum atomic E-state index is 6.48. The molecule has 0 amide bonds. The molecule has 4 rings (SSSR count). The molecule has 0 aliphatic carbocycles. The third kappa shape index (κ3) is 2.31. The molecule has 2 aromatic carbocycles. The molecular formula is C19H20N2O2S. The lowest BCUT2D eigenvalue weighted by Gasteiger charge is -2.52. The van der Waals surface area contributed by atoms with Crippen molar-refractivity contribution in [2.45, 2.75) is 32.0 Å². The summed E-state index contributed by atoms with van der Waals surface area (Å²) in [6, 6.07) is 16.3. The molecule has 24 heavy (non-hydrogen) atoms. The van der Waals surface area contributed by atoms with Gasteiger partial charge in [0.05, 0.1) is 12.6 Å². The minimum Gasteiger partial charge on any atom is -0.490 e. The van der Waals surface area contributed by atoms with Gasteiger partial charge in [-0.05, 0) is 44.3 Å². The highest BCUT2D eigenvalue weighted by molar-refractivity contribution is 7.80. The van der Waals surface area contributed by atoms with E-state index >= 15 is 0 Å². The van der Waals surface area contributed by atoms with E-state index in [1.807, 2.05) is 49.4 Å². The predicted octanol–water partition coefficient (Wildman–Crippen LogP) is 4.02. The number of anilines is 1. The van der Waals surface area contributed by atoms with Gasteiger partial charge in [-0.3, -0.25) is 4.90 Å². The predicted molar refractivity (Wildman–Crippen MR) is 98.7 cm³/mol. The normalized spacial score (nSPS) is 24.7. The number of nitrogens with zero attached hydrogens (tertiary/aromatic N) is 1. The van der Waals surface area contributed by atoms with Crippen molar-refractivity contribution in [2.75, 3.05) is 11.5 Å². The maximum Gasteiger partial charge on any atom is 0.188 e. The third-order valence-corrected chi connectivity index (χ3v) is 4.88. The number of fused-ring (bicyclic) bond motifs is 4. The van der Waals surface area contributed by atoms with Gasteiger partial charge in [0, 0.05) is 17.7 Å². The monoisotopic (exact) mass is 340 g/mol. The number of benzene rings is 2. The highest BCUT2D eigenvalue weighted by Crippen LogP contribution is 2.49. The first-order valence-electron chi connectivity index (χ1n) is 8.23. The van der Waals surface area contributed by atoms with Crippen molar-refractivity contribution in [1.82, 2.24) is 5.32 Å². The number of hydrogen-bond donors (Lipinski definition) is 1. The Kier molecular flexibility index (Phi) is 3.61. The molecule has 2 heterocycles. The first kappa shape index (κ1) is 15.3. The Morgan fingerprint density at radius 1 is 1.25 bits per heavy atom. The lowest BCUT2D eigenvalue weighted by atomic mass is 9.90. The van der Waals surface area contributed by atoms with Crippen LogP contribution in [0.4, 0.5) is 5.69 Å². The number of ether oxygens (including phenoxy) is 2. The molecule has 0 saturated carbocycles. The summed E-state index contributed by atoms with van der Waals surface area (Å²) in [4.78, 5) is 2.06. The van der Waals surface area contributed by atoms with E-state index in [-0.39, 0.29) is 6.04 Å². The Morgan fingerprint density at radius 3 is 2.79 bits per heavy atom. The van der Waals surface area contributed by atoms with Gasteiger partial charge in [0.15, 0.2) is 22.3 Å². The number of thiocarbonyl (C=S) groups is 1. The van der Waals surface area contributed by atoms with Crippen LogP contribution in [0.5, 0.6) is 11.5 Å². The Labute approximate surface area is 147 Å². The lowest BCUT2D eigenvalue weighted by molar-refractivity contribution is 0.0457. The zero-order valence-corrected chi connectivity index (χ0v) is 14.6. The molecule has 1 N–H and O–H groups in total. The SMILES string of the molecule is CCOc1cccc2c1O[C@]1(C)C[C@@H]2NC(=S)N1c1ccccc1. The van der Waals surface area contributed by atoms with Gasteiger partial charge in [-0.1, -0.05) is 30.3 Å². The Bertz CT molecular complexity index is 780. The summed E-state index contributed by atoms with van der Waals surface area (Å²) in [5.41, 5.74) is 1.58. The standard InChI is InChI=1S/C19H20N2O2S/c1-3-22-16-11-7-10-14-15-12-19(2,23-17(14)16)21(18(24)20-15)13-8-5-4-6-9-13/h4-11,15H,3,12H2,1-2H3,(H,20,24)/t15-,19+/m0/s1. The number of rotatable bonds is 3. The average molecular weight is 340 g/mol. The minimum absolute atomic E-state index is 0.131. The number of para-hydroxylation sites is 2. The largest absolute Gasteiger partial charge is 0.490 e. The molecule has 2 bridgehead atoms. The molecule has 2 aliphatic rings. The second-order valence-electron chi connectivity index (χ2n) is 6.26. The van der Waals surface area contributed by atoms with Crippen molar-refractivity contribution < 1.29 is 9.47 Å². The van der Waals surface area contributed by atoms with Gasteiger partial charge in [-0.25, -0.2) is 0 Å². The van der Waals surface area contributed by atoms with E-state index in [0.717, 1.165) is 29.2 Å². The van der Waals surface area contributed by atoms with E-state index in [1.165, 1.54) is 0 Å². The molecule has 1 saturated heterocycles. The Morgan fingerprint density at radius 2 is 2.04 bits per heavy atom. The van der Waals surface area contributed by atoms with Crippen LogP contribution in [0.3, 0.4) is 0 Å². The molecule has 0 spiro atoms. The van der Waals surface area contributed by atoms with Crippen LogP contribution >= 0.6 is 12.2 Å². The summed E-state index contributed by atoms with van der Waals surface area (Å²) < 4.78 is 12.3. The van der Waals surface area contributed by atoms with Crippen LogP contribution in [-0.2, 0) is 0 Å².